The monoisotopic (exact) mass is 310 g/mol. The lowest BCUT2D eigenvalue weighted by atomic mass is 10.1. The number of hydrogen-bond donors (Lipinski definition) is 0. The molecule has 0 radical (unpaired) electrons. The lowest BCUT2D eigenvalue weighted by Crippen LogP contribution is -2.25. The van der Waals surface area contributed by atoms with Crippen LogP contribution in [0.3, 0.4) is 0 Å². The Bertz CT molecular complexity index is 561. The van der Waals surface area contributed by atoms with Gasteiger partial charge in [0.15, 0.2) is 15.9 Å². The molecular weight excluding hydrogens is 297 g/mol. The molecule has 2 atom stereocenters. The van der Waals surface area contributed by atoms with Crippen LogP contribution in [0.4, 0.5) is 13.2 Å². The van der Waals surface area contributed by atoms with E-state index in [-0.39, 0.29) is 23.2 Å². The van der Waals surface area contributed by atoms with Crippen LogP contribution in [-0.2, 0) is 19.3 Å². The van der Waals surface area contributed by atoms with Gasteiger partial charge in [0.25, 0.3) is 0 Å². The van der Waals surface area contributed by atoms with Gasteiger partial charge >= 0.3 is 6.18 Å². The first-order valence-corrected chi connectivity index (χ1v) is 7.67. The maximum Gasteiger partial charge on any atom is 0.418 e. The molecular formula is C12H13F3O4S. The SMILES string of the molecule is CS(=O)(=O)c1ccc([C@H](OC[C@H]2CO2)C(F)(F)F)cc1. The van der Waals surface area contributed by atoms with E-state index in [2.05, 4.69) is 0 Å². The van der Waals surface area contributed by atoms with Crippen LogP contribution in [-0.4, -0.2) is 40.2 Å². The Balaban J connectivity index is 2.19. The van der Waals surface area contributed by atoms with Gasteiger partial charge in [-0.15, -0.1) is 0 Å². The summed E-state index contributed by atoms with van der Waals surface area (Å²) in [7, 11) is -3.44. The van der Waals surface area contributed by atoms with Gasteiger partial charge < -0.3 is 9.47 Å². The molecule has 0 N–H and O–H groups in total. The third-order valence-corrected chi connectivity index (χ3v) is 3.89. The summed E-state index contributed by atoms with van der Waals surface area (Å²) in [5.41, 5.74) is -0.134. The summed E-state index contributed by atoms with van der Waals surface area (Å²) >= 11 is 0. The van der Waals surface area contributed by atoms with Crippen molar-refractivity contribution in [3.05, 3.63) is 29.8 Å². The van der Waals surface area contributed by atoms with Gasteiger partial charge in [-0.2, -0.15) is 13.2 Å². The Labute approximate surface area is 114 Å². The zero-order chi connectivity index (χ0) is 15.0. The van der Waals surface area contributed by atoms with E-state index in [0.717, 1.165) is 30.5 Å². The number of ether oxygens (including phenoxy) is 2. The van der Waals surface area contributed by atoms with Crippen LogP contribution < -0.4 is 0 Å². The minimum absolute atomic E-state index is 0.0345. The normalized spacial score (nSPS) is 20.7. The maximum absolute atomic E-state index is 12.9. The van der Waals surface area contributed by atoms with E-state index in [1.807, 2.05) is 0 Å². The minimum Gasteiger partial charge on any atom is -0.371 e. The second kappa shape index (κ2) is 5.34. The van der Waals surface area contributed by atoms with Crippen LogP contribution in [0.25, 0.3) is 0 Å². The number of sulfone groups is 1. The highest BCUT2D eigenvalue weighted by Gasteiger charge is 2.43. The second-order valence-corrected chi connectivity index (χ2v) is 6.57. The van der Waals surface area contributed by atoms with Crippen molar-refractivity contribution < 1.29 is 31.1 Å². The van der Waals surface area contributed by atoms with E-state index in [9.17, 15) is 21.6 Å². The molecule has 1 aromatic carbocycles. The fraction of sp³-hybridized carbons (Fsp3) is 0.500. The third-order valence-electron chi connectivity index (χ3n) is 2.76. The van der Waals surface area contributed by atoms with Gasteiger partial charge in [-0.25, -0.2) is 8.42 Å². The van der Waals surface area contributed by atoms with Crippen LogP contribution in [0.5, 0.6) is 0 Å². The third kappa shape index (κ3) is 3.94. The quantitative estimate of drug-likeness (QED) is 0.782. The Kier molecular flexibility index (Phi) is 4.08. The van der Waals surface area contributed by atoms with Crippen molar-refractivity contribution in [2.75, 3.05) is 19.5 Å². The van der Waals surface area contributed by atoms with Crippen LogP contribution >= 0.6 is 0 Å². The molecule has 1 aliphatic rings. The number of benzene rings is 1. The number of alkyl halides is 3. The van der Waals surface area contributed by atoms with E-state index >= 15 is 0 Å². The van der Waals surface area contributed by atoms with E-state index in [1.54, 1.807) is 0 Å². The molecule has 2 rings (SSSR count). The van der Waals surface area contributed by atoms with E-state index in [1.165, 1.54) is 0 Å². The van der Waals surface area contributed by atoms with Crippen LogP contribution in [0.1, 0.15) is 11.7 Å². The molecule has 0 bridgehead atoms. The smallest absolute Gasteiger partial charge is 0.371 e. The molecule has 1 fully saturated rings. The summed E-state index contributed by atoms with van der Waals surface area (Å²) in [5.74, 6) is 0. The predicted octanol–water partition coefficient (Wildman–Crippen LogP) is 2.11. The molecule has 0 saturated carbocycles. The van der Waals surface area contributed by atoms with Gasteiger partial charge in [0, 0.05) is 6.26 Å². The summed E-state index contributed by atoms with van der Waals surface area (Å²) in [6.45, 7) is 0.260. The van der Waals surface area contributed by atoms with E-state index in [4.69, 9.17) is 9.47 Å². The minimum atomic E-state index is -4.57. The summed E-state index contributed by atoms with van der Waals surface area (Å²) in [4.78, 5) is -0.0345. The average molecular weight is 310 g/mol. The van der Waals surface area contributed by atoms with Gasteiger partial charge in [-0.1, -0.05) is 12.1 Å². The van der Waals surface area contributed by atoms with Gasteiger partial charge in [-0.05, 0) is 17.7 Å². The fourth-order valence-corrected chi connectivity index (χ4v) is 2.27. The molecule has 112 valence electrons. The number of halogens is 3. The molecule has 8 heteroatoms. The van der Waals surface area contributed by atoms with Crippen LogP contribution in [0.15, 0.2) is 29.2 Å². The van der Waals surface area contributed by atoms with E-state index in [0.29, 0.717) is 6.61 Å². The van der Waals surface area contributed by atoms with Gasteiger partial charge in [-0.3, -0.25) is 0 Å². The number of rotatable bonds is 5. The molecule has 1 aromatic rings. The van der Waals surface area contributed by atoms with Gasteiger partial charge in [0.1, 0.15) is 6.10 Å². The molecule has 4 nitrogen and oxygen atoms in total. The first-order valence-electron chi connectivity index (χ1n) is 5.78. The topological polar surface area (TPSA) is 55.9 Å². The van der Waals surface area contributed by atoms with Crippen molar-refractivity contribution in [3.63, 3.8) is 0 Å². The summed E-state index contributed by atoms with van der Waals surface area (Å²) < 4.78 is 71.0. The van der Waals surface area contributed by atoms with Crippen molar-refractivity contribution in [2.45, 2.75) is 23.3 Å². The lowest BCUT2D eigenvalue weighted by Gasteiger charge is -2.21. The standard InChI is InChI=1S/C12H13F3O4S/c1-20(16,17)10-4-2-8(3-5-10)11(12(13,14)15)19-7-9-6-18-9/h2-5,9,11H,6-7H2,1H3/t9-,11+/m1/s1. The number of hydrogen-bond acceptors (Lipinski definition) is 4. The Morgan fingerprint density at radius 1 is 1.35 bits per heavy atom. The van der Waals surface area contributed by atoms with Crippen LogP contribution in [0.2, 0.25) is 0 Å². The molecule has 1 aliphatic heterocycles. The molecule has 0 aliphatic carbocycles. The highest BCUT2D eigenvalue weighted by Crippen LogP contribution is 2.36. The Morgan fingerprint density at radius 2 is 1.90 bits per heavy atom. The van der Waals surface area contributed by atoms with Crippen LogP contribution in [0, 0.1) is 0 Å². The van der Waals surface area contributed by atoms with Crippen molar-refractivity contribution in [1.29, 1.82) is 0 Å². The molecule has 0 aromatic heterocycles. The first-order chi connectivity index (χ1) is 9.18. The molecule has 1 saturated heterocycles. The second-order valence-electron chi connectivity index (χ2n) is 4.55. The maximum atomic E-state index is 12.9. The summed E-state index contributed by atoms with van der Waals surface area (Å²) in [6.07, 6.45) is -5.94. The highest BCUT2D eigenvalue weighted by molar-refractivity contribution is 7.90. The highest BCUT2D eigenvalue weighted by atomic mass is 32.2. The van der Waals surface area contributed by atoms with E-state index < -0.39 is 22.1 Å². The van der Waals surface area contributed by atoms with Crippen molar-refractivity contribution in [3.8, 4) is 0 Å². The van der Waals surface area contributed by atoms with Crippen molar-refractivity contribution in [2.24, 2.45) is 0 Å². The zero-order valence-electron chi connectivity index (χ0n) is 10.6. The van der Waals surface area contributed by atoms with Crippen molar-refractivity contribution in [1.82, 2.24) is 0 Å². The molecule has 0 amide bonds. The Hall–Kier alpha value is -1.12. The predicted molar refractivity (Wildman–Crippen MR) is 64.0 cm³/mol. The molecule has 0 unspecified atom stereocenters. The largest absolute Gasteiger partial charge is 0.418 e. The summed E-state index contributed by atoms with van der Waals surface area (Å²) in [5, 5.41) is 0. The summed E-state index contributed by atoms with van der Waals surface area (Å²) in [6, 6.07) is 4.51. The average Bonchev–Trinajstić information content (AvgIpc) is 3.11. The zero-order valence-corrected chi connectivity index (χ0v) is 11.4. The van der Waals surface area contributed by atoms with Crippen molar-refractivity contribution >= 4 is 9.84 Å². The van der Waals surface area contributed by atoms with Gasteiger partial charge in [0.2, 0.25) is 0 Å². The lowest BCUT2D eigenvalue weighted by molar-refractivity contribution is -0.224. The molecule has 0 spiro atoms. The molecule has 20 heavy (non-hydrogen) atoms. The fourth-order valence-electron chi connectivity index (χ4n) is 1.64. The Morgan fingerprint density at radius 3 is 2.30 bits per heavy atom. The molecule has 1 heterocycles. The first kappa shape index (κ1) is 15.3. The van der Waals surface area contributed by atoms with Gasteiger partial charge in [0.05, 0.1) is 18.1 Å². The number of epoxide rings is 1.